The summed E-state index contributed by atoms with van der Waals surface area (Å²) in [7, 11) is 1.74. The van der Waals surface area contributed by atoms with Crippen molar-refractivity contribution < 1.29 is 9.84 Å². The fourth-order valence-electron chi connectivity index (χ4n) is 3.46. The van der Waals surface area contributed by atoms with Crippen molar-refractivity contribution in [1.29, 1.82) is 0 Å². The van der Waals surface area contributed by atoms with Crippen molar-refractivity contribution in [2.75, 3.05) is 38.7 Å². The van der Waals surface area contributed by atoms with Crippen molar-refractivity contribution >= 4 is 28.2 Å². The molecule has 2 aromatic rings. The molecule has 2 aliphatic heterocycles. The molecular formula is C18H23N5O2S. The van der Waals surface area contributed by atoms with Gasteiger partial charge in [0.15, 0.2) is 0 Å². The van der Waals surface area contributed by atoms with Gasteiger partial charge in [0.2, 0.25) is 0 Å². The zero-order chi connectivity index (χ0) is 17.9. The van der Waals surface area contributed by atoms with Crippen LogP contribution < -0.4 is 21.2 Å². The Labute approximate surface area is 156 Å². The van der Waals surface area contributed by atoms with E-state index in [1.807, 2.05) is 18.5 Å². The lowest BCUT2D eigenvalue weighted by molar-refractivity contribution is 0.166. The summed E-state index contributed by atoms with van der Waals surface area (Å²) in [5.41, 5.74) is 1.91. The van der Waals surface area contributed by atoms with Crippen LogP contribution in [0, 0.1) is 0 Å². The number of rotatable bonds is 5. The Bertz CT molecular complexity index is 897. The monoisotopic (exact) mass is 373 g/mol. The fraction of sp³-hybridized carbons (Fsp3) is 0.444. The SMILES string of the molecule is COCCC1CN(C2=c3ncccc3=CNc3sc(CO)nc32)CCN1. The number of methoxy groups -OCH3 is 1. The van der Waals surface area contributed by atoms with Crippen LogP contribution >= 0.6 is 11.3 Å². The first-order chi connectivity index (χ1) is 12.8. The summed E-state index contributed by atoms with van der Waals surface area (Å²) in [5.74, 6) is 0. The highest BCUT2D eigenvalue weighted by molar-refractivity contribution is 7.16. The largest absolute Gasteiger partial charge is 0.389 e. The Balaban J connectivity index is 1.80. The van der Waals surface area contributed by atoms with Gasteiger partial charge in [-0.2, -0.15) is 0 Å². The van der Waals surface area contributed by atoms with Crippen LogP contribution in [0.5, 0.6) is 0 Å². The van der Waals surface area contributed by atoms with E-state index in [4.69, 9.17) is 9.72 Å². The molecule has 2 aromatic heterocycles. The van der Waals surface area contributed by atoms with Crippen molar-refractivity contribution in [2.45, 2.75) is 19.1 Å². The predicted octanol–water partition coefficient (Wildman–Crippen LogP) is -0.339. The summed E-state index contributed by atoms with van der Waals surface area (Å²) in [6.07, 6.45) is 4.76. The maximum Gasteiger partial charge on any atom is 0.124 e. The van der Waals surface area contributed by atoms with Crippen LogP contribution in [-0.2, 0) is 11.3 Å². The molecule has 1 atom stereocenters. The first-order valence-corrected chi connectivity index (χ1v) is 9.62. The lowest BCUT2D eigenvalue weighted by Gasteiger charge is -2.36. The number of aromatic nitrogens is 2. The third-order valence-corrected chi connectivity index (χ3v) is 5.67. The summed E-state index contributed by atoms with van der Waals surface area (Å²) in [4.78, 5) is 11.7. The average Bonchev–Trinajstić information content (AvgIpc) is 3.02. The molecule has 0 spiro atoms. The third kappa shape index (κ3) is 3.33. The molecule has 8 heteroatoms. The number of fused-ring (bicyclic) bond motifs is 2. The number of anilines is 1. The summed E-state index contributed by atoms with van der Waals surface area (Å²) < 4.78 is 5.24. The maximum atomic E-state index is 9.54. The maximum absolute atomic E-state index is 9.54. The van der Waals surface area contributed by atoms with Crippen LogP contribution in [0.15, 0.2) is 18.3 Å². The minimum atomic E-state index is -0.0558. The molecule has 0 aliphatic carbocycles. The highest BCUT2D eigenvalue weighted by atomic mass is 32.1. The van der Waals surface area contributed by atoms with E-state index in [0.717, 1.165) is 59.6 Å². The van der Waals surface area contributed by atoms with Gasteiger partial charge in [0.1, 0.15) is 15.7 Å². The predicted molar refractivity (Wildman–Crippen MR) is 102 cm³/mol. The molecule has 0 radical (unpaired) electrons. The lowest BCUT2D eigenvalue weighted by Crippen LogP contribution is -2.52. The Morgan fingerprint density at radius 3 is 3.23 bits per heavy atom. The molecule has 0 bridgehead atoms. The molecule has 3 N–H and O–H groups in total. The number of thiazole rings is 1. The van der Waals surface area contributed by atoms with Gasteiger partial charge >= 0.3 is 0 Å². The number of ether oxygens (including phenoxy) is 1. The number of hydrogen-bond donors (Lipinski definition) is 3. The zero-order valence-corrected chi connectivity index (χ0v) is 15.6. The zero-order valence-electron chi connectivity index (χ0n) is 14.7. The summed E-state index contributed by atoms with van der Waals surface area (Å²) >= 11 is 1.49. The van der Waals surface area contributed by atoms with Crippen LogP contribution in [0.3, 0.4) is 0 Å². The van der Waals surface area contributed by atoms with E-state index in [1.165, 1.54) is 11.3 Å². The molecule has 0 saturated carbocycles. The van der Waals surface area contributed by atoms with E-state index in [0.29, 0.717) is 11.0 Å². The fourth-order valence-corrected chi connectivity index (χ4v) is 4.25. The normalized spacial score (nSPS) is 19.2. The van der Waals surface area contributed by atoms with Crippen LogP contribution in [-0.4, -0.2) is 59.4 Å². The Morgan fingerprint density at radius 2 is 2.38 bits per heavy atom. The quantitative estimate of drug-likeness (QED) is 0.661. The Morgan fingerprint density at radius 1 is 1.46 bits per heavy atom. The molecule has 1 saturated heterocycles. The van der Waals surface area contributed by atoms with Gasteiger partial charge in [-0.25, -0.2) is 4.98 Å². The summed E-state index contributed by atoms with van der Waals surface area (Å²) in [6.45, 7) is 3.35. The minimum Gasteiger partial charge on any atom is -0.389 e. The molecule has 26 heavy (non-hydrogen) atoms. The van der Waals surface area contributed by atoms with Gasteiger partial charge in [0, 0.05) is 57.0 Å². The van der Waals surface area contributed by atoms with E-state index in [1.54, 1.807) is 7.11 Å². The second-order valence-corrected chi connectivity index (χ2v) is 7.48. The lowest BCUT2D eigenvalue weighted by atomic mass is 10.1. The van der Waals surface area contributed by atoms with Gasteiger partial charge < -0.3 is 25.4 Å². The molecule has 1 fully saturated rings. The number of aliphatic hydroxyl groups is 1. The van der Waals surface area contributed by atoms with Gasteiger partial charge in [0.05, 0.1) is 17.7 Å². The third-order valence-electron chi connectivity index (χ3n) is 4.70. The Hall–Kier alpha value is -2.00. The smallest absolute Gasteiger partial charge is 0.124 e. The molecule has 0 amide bonds. The van der Waals surface area contributed by atoms with Gasteiger partial charge in [-0.3, -0.25) is 4.98 Å². The van der Waals surface area contributed by atoms with Crippen molar-refractivity contribution in [3.05, 3.63) is 39.6 Å². The first-order valence-electron chi connectivity index (χ1n) is 8.80. The number of piperazine rings is 1. The molecule has 138 valence electrons. The highest BCUT2D eigenvalue weighted by Gasteiger charge is 2.27. The van der Waals surface area contributed by atoms with Crippen molar-refractivity contribution in [2.24, 2.45) is 0 Å². The van der Waals surface area contributed by atoms with E-state index in [-0.39, 0.29) is 6.61 Å². The second kappa shape index (κ2) is 7.71. The molecule has 4 rings (SSSR count). The topological polar surface area (TPSA) is 82.5 Å². The van der Waals surface area contributed by atoms with E-state index in [9.17, 15) is 5.11 Å². The second-order valence-electron chi connectivity index (χ2n) is 6.40. The van der Waals surface area contributed by atoms with Crippen LogP contribution in [0.2, 0.25) is 0 Å². The Kier molecular flexibility index (Phi) is 5.16. The molecule has 0 aromatic carbocycles. The van der Waals surface area contributed by atoms with Gasteiger partial charge in [-0.05, 0) is 18.6 Å². The molecule has 7 nitrogen and oxygen atoms in total. The van der Waals surface area contributed by atoms with Gasteiger partial charge in [-0.1, -0.05) is 11.3 Å². The minimum absolute atomic E-state index is 0.0558. The van der Waals surface area contributed by atoms with E-state index >= 15 is 0 Å². The number of aliphatic hydroxyl groups excluding tert-OH is 1. The highest BCUT2D eigenvalue weighted by Crippen LogP contribution is 2.32. The number of nitrogens with zero attached hydrogens (tertiary/aromatic N) is 3. The van der Waals surface area contributed by atoms with Crippen LogP contribution in [0.1, 0.15) is 17.1 Å². The summed E-state index contributed by atoms with van der Waals surface area (Å²) in [6, 6.07) is 4.37. The number of hydrogen-bond acceptors (Lipinski definition) is 8. The van der Waals surface area contributed by atoms with E-state index in [2.05, 4.69) is 26.6 Å². The number of nitrogens with one attached hydrogen (secondary N) is 2. The molecule has 2 aliphatic rings. The molecular weight excluding hydrogens is 350 g/mol. The van der Waals surface area contributed by atoms with Crippen LogP contribution in [0.4, 0.5) is 5.00 Å². The number of pyridine rings is 1. The summed E-state index contributed by atoms with van der Waals surface area (Å²) in [5, 5.41) is 20.1. The van der Waals surface area contributed by atoms with E-state index < -0.39 is 0 Å². The standard InChI is InChI=1S/C18H23N5O2S/c1-25-8-4-13-10-23(7-6-19-13)17-15-12(3-2-5-20-15)9-21-18-16(17)22-14(11-24)26-18/h2-3,5,9,13,19,21,24H,4,6-8,10-11H2,1H3. The van der Waals surface area contributed by atoms with Gasteiger partial charge in [-0.15, -0.1) is 0 Å². The van der Waals surface area contributed by atoms with Crippen LogP contribution in [0.25, 0.3) is 11.9 Å². The molecule has 1 unspecified atom stereocenters. The van der Waals surface area contributed by atoms with Crippen molar-refractivity contribution in [1.82, 2.24) is 20.2 Å². The van der Waals surface area contributed by atoms with Crippen molar-refractivity contribution in [3.63, 3.8) is 0 Å². The first kappa shape index (κ1) is 17.4. The molecule has 4 heterocycles. The average molecular weight is 373 g/mol. The van der Waals surface area contributed by atoms with Gasteiger partial charge in [0.25, 0.3) is 0 Å². The van der Waals surface area contributed by atoms with Crippen molar-refractivity contribution in [3.8, 4) is 0 Å².